The van der Waals surface area contributed by atoms with Crippen LogP contribution in [-0.4, -0.2) is 39.7 Å². The van der Waals surface area contributed by atoms with Crippen molar-refractivity contribution in [3.05, 3.63) is 24.0 Å². The zero-order valence-corrected chi connectivity index (χ0v) is 10.3. The molecule has 2 amide bonds. The van der Waals surface area contributed by atoms with Crippen molar-refractivity contribution in [3.8, 4) is 0 Å². The normalized spacial score (nSPS) is 10.8. The van der Waals surface area contributed by atoms with Crippen LogP contribution in [0.5, 0.6) is 0 Å². The number of aromatic nitrogens is 2. The van der Waals surface area contributed by atoms with Crippen molar-refractivity contribution in [2.75, 3.05) is 7.05 Å². The second-order valence-corrected chi connectivity index (χ2v) is 4.45. The first-order valence-corrected chi connectivity index (χ1v) is 5.10. The lowest BCUT2D eigenvalue weighted by molar-refractivity contribution is 0.0282. The largest absolute Gasteiger partial charge is 0.443 e. The molecule has 0 aliphatic rings. The number of rotatable bonds is 1. The molecule has 0 unspecified atom stereocenters. The van der Waals surface area contributed by atoms with Crippen molar-refractivity contribution < 1.29 is 14.3 Å². The average Bonchev–Trinajstić information content (AvgIpc) is 2.26. The van der Waals surface area contributed by atoms with Crippen LogP contribution in [0.15, 0.2) is 18.3 Å². The van der Waals surface area contributed by atoms with Gasteiger partial charge in [0.05, 0.1) is 0 Å². The molecular formula is C11H15N3O3. The van der Waals surface area contributed by atoms with Gasteiger partial charge in [0.1, 0.15) is 5.60 Å². The Morgan fingerprint density at radius 1 is 1.35 bits per heavy atom. The maximum absolute atomic E-state index is 11.8. The Balaban J connectivity index is 2.74. The number of imide groups is 1. The molecule has 0 aromatic carbocycles. The lowest BCUT2D eigenvalue weighted by atomic mass is 10.2. The van der Waals surface area contributed by atoms with Gasteiger partial charge in [-0.1, -0.05) is 0 Å². The third-order valence-corrected chi connectivity index (χ3v) is 1.76. The van der Waals surface area contributed by atoms with Gasteiger partial charge >= 0.3 is 6.09 Å². The fourth-order valence-electron chi connectivity index (χ4n) is 1.00. The minimum atomic E-state index is -0.715. The molecule has 0 bridgehead atoms. The molecule has 0 fully saturated rings. The smallest absolute Gasteiger partial charge is 0.417 e. The second-order valence-electron chi connectivity index (χ2n) is 4.45. The van der Waals surface area contributed by atoms with Gasteiger partial charge in [0.2, 0.25) is 0 Å². The summed E-state index contributed by atoms with van der Waals surface area (Å²) >= 11 is 0. The molecule has 0 spiro atoms. The van der Waals surface area contributed by atoms with E-state index in [4.69, 9.17) is 4.74 Å². The van der Waals surface area contributed by atoms with Crippen LogP contribution < -0.4 is 0 Å². The minimum absolute atomic E-state index is 0.0980. The molecule has 17 heavy (non-hydrogen) atoms. The van der Waals surface area contributed by atoms with Gasteiger partial charge in [-0.3, -0.25) is 4.79 Å². The highest BCUT2D eigenvalue weighted by Gasteiger charge is 2.25. The van der Waals surface area contributed by atoms with Crippen LogP contribution in [0, 0.1) is 0 Å². The number of hydrogen-bond acceptors (Lipinski definition) is 5. The number of carbonyl (C=O) groups is 2. The van der Waals surface area contributed by atoms with Crippen LogP contribution >= 0.6 is 0 Å². The molecular weight excluding hydrogens is 222 g/mol. The topological polar surface area (TPSA) is 72.4 Å². The van der Waals surface area contributed by atoms with Crippen LogP contribution in [0.2, 0.25) is 0 Å². The second kappa shape index (κ2) is 4.90. The first-order valence-electron chi connectivity index (χ1n) is 5.10. The standard InChI is InChI=1S/C11H15N3O3/c1-11(2,3)17-10(16)14(4)9(15)8-6-5-7-12-13-8/h5-7H,1-4H3. The van der Waals surface area contributed by atoms with Gasteiger partial charge in [-0.25, -0.2) is 9.69 Å². The molecule has 6 heteroatoms. The number of hydrogen-bond donors (Lipinski definition) is 0. The molecule has 1 heterocycles. The Hall–Kier alpha value is -1.98. The quantitative estimate of drug-likeness (QED) is 0.739. The third kappa shape index (κ3) is 3.82. The monoisotopic (exact) mass is 237 g/mol. The summed E-state index contributed by atoms with van der Waals surface area (Å²) in [5.74, 6) is -0.549. The Labute approximate surface area is 99.6 Å². The molecule has 0 saturated heterocycles. The zero-order valence-electron chi connectivity index (χ0n) is 10.3. The van der Waals surface area contributed by atoms with Crippen LogP contribution in [0.1, 0.15) is 31.3 Å². The van der Waals surface area contributed by atoms with Gasteiger partial charge in [0.25, 0.3) is 5.91 Å². The molecule has 1 aromatic rings. The zero-order chi connectivity index (χ0) is 13.1. The van der Waals surface area contributed by atoms with Gasteiger partial charge in [-0.05, 0) is 32.9 Å². The van der Waals surface area contributed by atoms with Crippen molar-refractivity contribution in [2.24, 2.45) is 0 Å². The summed E-state index contributed by atoms with van der Waals surface area (Å²) in [4.78, 5) is 24.3. The van der Waals surface area contributed by atoms with E-state index in [1.54, 1.807) is 26.8 Å². The highest BCUT2D eigenvalue weighted by atomic mass is 16.6. The van der Waals surface area contributed by atoms with Gasteiger partial charge in [-0.15, -0.1) is 5.10 Å². The molecule has 0 aliphatic carbocycles. The van der Waals surface area contributed by atoms with E-state index in [0.29, 0.717) is 0 Å². The summed E-state index contributed by atoms with van der Waals surface area (Å²) in [5, 5.41) is 7.20. The van der Waals surface area contributed by atoms with Crippen molar-refractivity contribution >= 4 is 12.0 Å². The third-order valence-electron chi connectivity index (χ3n) is 1.76. The van der Waals surface area contributed by atoms with Crippen molar-refractivity contribution in [1.29, 1.82) is 0 Å². The predicted molar refractivity (Wildman–Crippen MR) is 60.4 cm³/mol. The minimum Gasteiger partial charge on any atom is -0.443 e. The number of amides is 2. The first kappa shape index (κ1) is 13.1. The molecule has 0 N–H and O–H groups in total. The lowest BCUT2D eigenvalue weighted by Gasteiger charge is -2.23. The summed E-state index contributed by atoms with van der Waals surface area (Å²) in [7, 11) is 1.34. The van der Waals surface area contributed by atoms with Gasteiger partial charge in [-0.2, -0.15) is 5.10 Å². The van der Waals surface area contributed by atoms with E-state index in [9.17, 15) is 9.59 Å². The Morgan fingerprint density at radius 3 is 2.47 bits per heavy atom. The van der Waals surface area contributed by atoms with Gasteiger partial charge < -0.3 is 4.74 Å². The summed E-state index contributed by atoms with van der Waals surface area (Å²) in [5.41, 5.74) is -0.547. The van der Waals surface area contributed by atoms with Crippen LogP contribution in [0.25, 0.3) is 0 Å². The SMILES string of the molecule is CN(C(=O)OC(C)(C)C)C(=O)c1cccnn1. The molecule has 0 aliphatic heterocycles. The predicted octanol–water partition coefficient (Wildman–Crippen LogP) is 1.48. The summed E-state index contributed by atoms with van der Waals surface area (Å²) < 4.78 is 5.06. The molecule has 92 valence electrons. The Kier molecular flexibility index (Phi) is 3.77. The average molecular weight is 237 g/mol. The fraction of sp³-hybridized carbons (Fsp3) is 0.455. The van der Waals surface area contributed by atoms with E-state index in [0.717, 1.165) is 4.90 Å². The highest BCUT2D eigenvalue weighted by Crippen LogP contribution is 2.10. The van der Waals surface area contributed by atoms with Gasteiger partial charge in [0.15, 0.2) is 5.69 Å². The fourth-order valence-corrected chi connectivity index (χ4v) is 1.00. The maximum Gasteiger partial charge on any atom is 0.417 e. The highest BCUT2D eigenvalue weighted by molar-refractivity contribution is 6.01. The van der Waals surface area contributed by atoms with Crippen LogP contribution in [0.3, 0.4) is 0 Å². The molecule has 0 atom stereocenters. The summed E-state index contributed by atoms with van der Waals surface area (Å²) in [6.45, 7) is 5.18. The molecule has 1 aromatic heterocycles. The molecule has 6 nitrogen and oxygen atoms in total. The summed E-state index contributed by atoms with van der Waals surface area (Å²) in [6, 6.07) is 3.05. The number of ether oxygens (including phenoxy) is 1. The maximum atomic E-state index is 11.8. The first-order chi connectivity index (χ1) is 7.81. The van der Waals surface area contributed by atoms with E-state index in [1.807, 2.05) is 0 Å². The van der Waals surface area contributed by atoms with Crippen molar-refractivity contribution in [3.63, 3.8) is 0 Å². The Morgan fingerprint density at radius 2 is 2.00 bits per heavy atom. The number of carbonyl (C=O) groups excluding carboxylic acids is 2. The van der Waals surface area contributed by atoms with Gasteiger partial charge in [0, 0.05) is 13.2 Å². The van der Waals surface area contributed by atoms with E-state index in [2.05, 4.69) is 10.2 Å². The van der Waals surface area contributed by atoms with E-state index >= 15 is 0 Å². The van der Waals surface area contributed by atoms with Crippen LogP contribution in [-0.2, 0) is 4.74 Å². The van der Waals surface area contributed by atoms with Crippen molar-refractivity contribution in [2.45, 2.75) is 26.4 Å². The lowest BCUT2D eigenvalue weighted by Crippen LogP contribution is -2.38. The van der Waals surface area contributed by atoms with E-state index in [1.165, 1.54) is 19.3 Å². The molecule has 0 radical (unpaired) electrons. The van der Waals surface area contributed by atoms with E-state index in [-0.39, 0.29) is 5.69 Å². The van der Waals surface area contributed by atoms with Crippen LogP contribution in [0.4, 0.5) is 4.79 Å². The number of nitrogens with zero attached hydrogens (tertiary/aromatic N) is 3. The van der Waals surface area contributed by atoms with Crippen molar-refractivity contribution in [1.82, 2.24) is 15.1 Å². The molecule has 0 saturated carbocycles. The Bertz CT molecular complexity index is 412. The summed E-state index contributed by atoms with van der Waals surface area (Å²) in [6.07, 6.45) is 0.734. The molecule has 1 rings (SSSR count). The van der Waals surface area contributed by atoms with E-state index < -0.39 is 17.6 Å².